The van der Waals surface area contributed by atoms with Crippen molar-refractivity contribution in [1.29, 1.82) is 5.26 Å². The molecule has 0 aliphatic rings. The third-order valence-corrected chi connectivity index (χ3v) is 3.55. The maximum absolute atomic E-state index is 9.15. The first-order valence-corrected chi connectivity index (χ1v) is 6.50. The smallest absolute Gasteiger partial charge is 0.125 e. The van der Waals surface area contributed by atoms with Crippen LogP contribution < -0.4 is 9.64 Å². The van der Waals surface area contributed by atoms with Crippen molar-refractivity contribution in [1.82, 2.24) is 0 Å². The first-order valence-electron chi connectivity index (χ1n) is 6.50. The van der Waals surface area contributed by atoms with Crippen molar-refractivity contribution in [3.05, 3.63) is 22.8 Å². The summed E-state index contributed by atoms with van der Waals surface area (Å²) in [4.78, 5) is 2.15. The fourth-order valence-electron chi connectivity index (χ4n) is 2.46. The molecule has 0 aromatic heterocycles. The van der Waals surface area contributed by atoms with Gasteiger partial charge in [0.2, 0.25) is 0 Å². The molecule has 0 amide bonds. The van der Waals surface area contributed by atoms with E-state index in [1.54, 1.807) is 7.11 Å². The van der Waals surface area contributed by atoms with Gasteiger partial charge in [-0.1, -0.05) is 0 Å². The van der Waals surface area contributed by atoms with Gasteiger partial charge in [-0.25, -0.2) is 0 Å². The quantitative estimate of drug-likeness (QED) is 0.829. The van der Waals surface area contributed by atoms with Crippen LogP contribution in [0.5, 0.6) is 5.75 Å². The number of benzene rings is 1. The van der Waals surface area contributed by atoms with Gasteiger partial charge in [-0.3, -0.25) is 0 Å². The summed E-state index contributed by atoms with van der Waals surface area (Å²) in [5.74, 6) is 0.953. The van der Waals surface area contributed by atoms with Gasteiger partial charge in [0.15, 0.2) is 0 Å². The average Bonchev–Trinajstić information content (AvgIpc) is 2.33. The van der Waals surface area contributed by atoms with Crippen molar-refractivity contribution in [3.63, 3.8) is 0 Å². The predicted octanol–water partition coefficient (Wildman–Crippen LogP) is 3.61. The summed E-state index contributed by atoms with van der Waals surface area (Å²) in [6, 6.07) is 4.48. The minimum atomic E-state index is -0.358. The molecule has 1 rings (SSSR count). The lowest BCUT2D eigenvalue weighted by Gasteiger charge is -2.29. The van der Waals surface area contributed by atoms with E-state index < -0.39 is 0 Å². The number of aryl methyl sites for hydroxylation is 1. The standard InChI is InChI=1S/C16H24N2O/c1-11-8-14(12(2)13(3)15(11)19-7)18(6)10-16(4,5)9-17/h8H,10H2,1-7H3. The van der Waals surface area contributed by atoms with Gasteiger partial charge >= 0.3 is 0 Å². The second-order valence-corrected chi connectivity index (χ2v) is 5.85. The van der Waals surface area contributed by atoms with Crippen LogP contribution in [0.2, 0.25) is 0 Å². The summed E-state index contributed by atoms with van der Waals surface area (Å²) < 4.78 is 5.44. The number of methoxy groups -OCH3 is 1. The monoisotopic (exact) mass is 260 g/mol. The van der Waals surface area contributed by atoms with Crippen LogP contribution in [0.4, 0.5) is 5.69 Å². The minimum Gasteiger partial charge on any atom is -0.496 e. The van der Waals surface area contributed by atoms with E-state index in [2.05, 4.69) is 37.8 Å². The summed E-state index contributed by atoms with van der Waals surface area (Å²) in [7, 11) is 3.74. The second-order valence-electron chi connectivity index (χ2n) is 5.85. The van der Waals surface area contributed by atoms with Gasteiger partial charge in [-0.2, -0.15) is 5.26 Å². The Bertz CT molecular complexity index is 512. The molecule has 1 aromatic carbocycles. The molecule has 0 spiro atoms. The zero-order chi connectivity index (χ0) is 14.8. The van der Waals surface area contributed by atoms with Gasteiger partial charge in [0.25, 0.3) is 0 Å². The van der Waals surface area contributed by atoms with Crippen LogP contribution in [-0.4, -0.2) is 20.7 Å². The molecule has 0 heterocycles. The Morgan fingerprint density at radius 1 is 1.26 bits per heavy atom. The van der Waals surface area contributed by atoms with Gasteiger partial charge in [0.05, 0.1) is 18.6 Å². The maximum Gasteiger partial charge on any atom is 0.125 e. The Balaban J connectivity index is 3.19. The number of hydrogen-bond acceptors (Lipinski definition) is 3. The highest BCUT2D eigenvalue weighted by Gasteiger charge is 2.21. The molecule has 3 nitrogen and oxygen atoms in total. The molecule has 1 aromatic rings. The molecule has 104 valence electrons. The number of anilines is 1. The first-order chi connectivity index (χ1) is 8.73. The molecule has 3 heteroatoms. The minimum absolute atomic E-state index is 0.358. The Morgan fingerprint density at radius 2 is 1.84 bits per heavy atom. The number of rotatable bonds is 4. The van der Waals surface area contributed by atoms with Gasteiger partial charge in [0.1, 0.15) is 5.75 Å². The van der Waals surface area contributed by atoms with Gasteiger partial charge in [-0.15, -0.1) is 0 Å². The Labute approximate surface area is 116 Å². The Morgan fingerprint density at radius 3 is 2.32 bits per heavy atom. The lowest BCUT2D eigenvalue weighted by Crippen LogP contribution is -2.30. The molecule has 0 saturated heterocycles. The third kappa shape index (κ3) is 3.20. The SMILES string of the molecule is COc1c(C)cc(N(C)CC(C)(C)C#N)c(C)c1C. The first kappa shape index (κ1) is 15.4. The Hall–Kier alpha value is -1.69. The maximum atomic E-state index is 9.15. The van der Waals surface area contributed by atoms with E-state index >= 15 is 0 Å². The topological polar surface area (TPSA) is 36.3 Å². The molecule has 0 atom stereocenters. The zero-order valence-electron chi connectivity index (χ0n) is 13.1. The molecule has 0 N–H and O–H groups in total. The van der Waals surface area contributed by atoms with Crippen LogP contribution >= 0.6 is 0 Å². The molecule has 0 radical (unpaired) electrons. The van der Waals surface area contributed by atoms with Gasteiger partial charge < -0.3 is 9.64 Å². The summed E-state index contributed by atoms with van der Waals surface area (Å²) in [6.07, 6.45) is 0. The normalized spacial score (nSPS) is 11.1. The van der Waals surface area contributed by atoms with Crippen molar-refractivity contribution in [2.75, 3.05) is 25.6 Å². The number of nitriles is 1. The van der Waals surface area contributed by atoms with Crippen LogP contribution in [0.3, 0.4) is 0 Å². The highest BCUT2D eigenvalue weighted by molar-refractivity contribution is 5.62. The highest BCUT2D eigenvalue weighted by Crippen LogP contribution is 2.34. The molecule has 19 heavy (non-hydrogen) atoms. The van der Waals surface area contributed by atoms with Crippen LogP contribution in [0, 0.1) is 37.5 Å². The van der Waals surface area contributed by atoms with E-state index in [-0.39, 0.29) is 5.41 Å². The number of nitrogens with zero attached hydrogens (tertiary/aromatic N) is 2. The van der Waals surface area contributed by atoms with E-state index in [9.17, 15) is 0 Å². The molecule has 0 aliphatic carbocycles. The van der Waals surface area contributed by atoms with E-state index in [0.29, 0.717) is 6.54 Å². The summed E-state index contributed by atoms with van der Waals surface area (Å²) in [5, 5.41) is 9.15. The van der Waals surface area contributed by atoms with E-state index in [0.717, 1.165) is 11.3 Å². The van der Waals surface area contributed by atoms with Crippen molar-refractivity contribution < 1.29 is 4.74 Å². The lowest BCUT2D eigenvalue weighted by molar-refractivity contribution is 0.408. The molecular weight excluding hydrogens is 236 g/mol. The Kier molecular flexibility index (Phi) is 4.47. The van der Waals surface area contributed by atoms with E-state index in [4.69, 9.17) is 10.00 Å². The summed E-state index contributed by atoms with van der Waals surface area (Å²) >= 11 is 0. The van der Waals surface area contributed by atoms with E-state index in [1.165, 1.54) is 16.8 Å². The van der Waals surface area contributed by atoms with Gasteiger partial charge in [-0.05, 0) is 57.4 Å². The number of ether oxygens (including phenoxy) is 1. The molecule has 0 fully saturated rings. The van der Waals surface area contributed by atoms with Crippen molar-refractivity contribution in [2.45, 2.75) is 34.6 Å². The fourth-order valence-corrected chi connectivity index (χ4v) is 2.46. The molecule has 0 aliphatic heterocycles. The van der Waals surface area contributed by atoms with Gasteiger partial charge in [0, 0.05) is 19.3 Å². The fraction of sp³-hybridized carbons (Fsp3) is 0.562. The van der Waals surface area contributed by atoms with Crippen molar-refractivity contribution >= 4 is 5.69 Å². The predicted molar refractivity (Wildman–Crippen MR) is 79.9 cm³/mol. The highest BCUT2D eigenvalue weighted by atomic mass is 16.5. The van der Waals surface area contributed by atoms with Crippen LogP contribution in [0.15, 0.2) is 6.07 Å². The van der Waals surface area contributed by atoms with E-state index in [1.807, 2.05) is 20.9 Å². The van der Waals surface area contributed by atoms with Crippen LogP contribution in [0.25, 0.3) is 0 Å². The van der Waals surface area contributed by atoms with Crippen LogP contribution in [-0.2, 0) is 0 Å². The van der Waals surface area contributed by atoms with Crippen molar-refractivity contribution in [3.8, 4) is 11.8 Å². The summed E-state index contributed by atoms with van der Waals surface area (Å²) in [6.45, 7) is 10.9. The van der Waals surface area contributed by atoms with Crippen LogP contribution in [0.1, 0.15) is 30.5 Å². The average molecular weight is 260 g/mol. The molecule has 0 bridgehead atoms. The zero-order valence-corrected chi connectivity index (χ0v) is 13.1. The molecule has 0 unspecified atom stereocenters. The third-order valence-electron chi connectivity index (χ3n) is 3.55. The molecule has 0 saturated carbocycles. The van der Waals surface area contributed by atoms with Crippen molar-refractivity contribution in [2.24, 2.45) is 5.41 Å². The summed E-state index contributed by atoms with van der Waals surface area (Å²) in [5.41, 5.74) is 4.31. The lowest BCUT2D eigenvalue weighted by atomic mass is 9.94. The second kappa shape index (κ2) is 5.52. The number of hydrogen-bond donors (Lipinski definition) is 0. The molecular formula is C16H24N2O. The largest absolute Gasteiger partial charge is 0.496 e.